The van der Waals surface area contributed by atoms with Crippen molar-refractivity contribution in [2.24, 2.45) is 0 Å². The number of hydrogen-bond donors (Lipinski definition) is 1. The number of amides is 1. The van der Waals surface area contributed by atoms with Crippen LogP contribution in [0.5, 0.6) is 5.75 Å². The third-order valence-corrected chi connectivity index (χ3v) is 3.00. The molecule has 0 spiro atoms. The number of halogens is 1. The van der Waals surface area contributed by atoms with Gasteiger partial charge in [0.1, 0.15) is 18.1 Å². The van der Waals surface area contributed by atoms with E-state index in [-0.39, 0.29) is 18.3 Å². The van der Waals surface area contributed by atoms with Crippen molar-refractivity contribution in [3.05, 3.63) is 52.9 Å². The number of rotatable bonds is 7. The van der Waals surface area contributed by atoms with Crippen molar-refractivity contribution in [1.82, 2.24) is 5.32 Å². The molecule has 0 aliphatic rings. The molecule has 5 nitrogen and oxygen atoms in total. The van der Waals surface area contributed by atoms with Crippen LogP contribution in [-0.4, -0.2) is 26.2 Å². The van der Waals surface area contributed by atoms with E-state index in [1.54, 1.807) is 31.4 Å². The molecule has 1 heterocycles. The van der Waals surface area contributed by atoms with E-state index in [0.29, 0.717) is 29.7 Å². The predicted molar refractivity (Wildman–Crippen MR) is 78.7 cm³/mol. The summed E-state index contributed by atoms with van der Waals surface area (Å²) in [5.41, 5.74) is 0. The number of furan rings is 1. The average molecular weight is 310 g/mol. The van der Waals surface area contributed by atoms with Gasteiger partial charge in [0.2, 0.25) is 0 Å². The van der Waals surface area contributed by atoms with Crippen molar-refractivity contribution in [2.45, 2.75) is 6.61 Å². The van der Waals surface area contributed by atoms with Gasteiger partial charge in [-0.2, -0.15) is 0 Å². The molecule has 1 aromatic carbocycles. The molecule has 0 saturated carbocycles. The van der Waals surface area contributed by atoms with Gasteiger partial charge < -0.3 is 19.2 Å². The van der Waals surface area contributed by atoms with Gasteiger partial charge in [0.05, 0.1) is 11.6 Å². The summed E-state index contributed by atoms with van der Waals surface area (Å²) in [5, 5.41) is 3.21. The van der Waals surface area contributed by atoms with Crippen LogP contribution in [0.2, 0.25) is 5.02 Å². The minimum atomic E-state index is -0.281. The molecule has 1 aromatic heterocycles. The number of para-hydroxylation sites is 1. The van der Waals surface area contributed by atoms with Crippen LogP contribution in [0.15, 0.2) is 40.8 Å². The lowest BCUT2D eigenvalue weighted by molar-refractivity contribution is 0.0905. The van der Waals surface area contributed by atoms with Crippen LogP contribution in [0.25, 0.3) is 0 Å². The molecule has 0 atom stereocenters. The molecule has 0 aliphatic carbocycles. The number of carbonyl (C=O) groups is 1. The second-order valence-corrected chi connectivity index (χ2v) is 4.64. The molecule has 0 unspecified atom stereocenters. The molecular formula is C15H16ClNO4. The fourth-order valence-electron chi connectivity index (χ4n) is 1.64. The largest absolute Gasteiger partial charge is 0.484 e. The van der Waals surface area contributed by atoms with Crippen molar-refractivity contribution in [1.29, 1.82) is 0 Å². The molecule has 0 aliphatic heterocycles. The van der Waals surface area contributed by atoms with Crippen LogP contribution in [0.3, 0.4) is 0 Å². The van der Waals surface area contributed by atoms with E-state index in [0.717, 1.165) is 0 Å². The van der Waals surface area contributed by atoms with E-state index in [2.05, 4.69) is 5.32 Å². The van der Waals surface area contributed by atoms with Gasteiger partial charge in [-0.15, -0.1) is 0 Å². The topological polar surface area (TPSA) is 60.7 Å². The monoisotopic (exact) mass is 309 g/mol. The highest BCUT2D eigenvalue weighted by molar-refractivity contribution is 6.32. The summed E-state index contributed by atoms with van der Waals surface area (Å²) >= 11 is 5.99. The third-order valence-electron chi connectivity index (χ3n) is 2.68. The molecule has 2 aromatic rings. The zero-order valence-corrected chi connectivity index (χ0v) is 12.4. The molecule has 6 heteroatoms. The lowest BCUT2D eigenvalue weighted by Crippen LogP contribution is -2.26. The molecule has 1 N–H and O–H groups in total. The van der Waals surface area contributed by atoms with Crippen LogP contribution in [0.4, 0.5) is 0 Å². The van der Waals surface area contributed by atoms with Crippen molar-refractivity contribution in [3.8, 4) is 5.75 Å². The van der Waals surface area contributed by atoms with E-state index < -0.39 is 0 Å². The number of hydrogen-bond acceptors (Lipinski definition) is 4. The van der Waals surface area contributed by atoms with Crippen molar-refractivity contribution in [3.63, 3.8) is 0 Å². The number of methoxy groups -OCH3 is 1. The zero-order valence-electron chi connectivity index (χ0n) is 11.6. The summed E-state index contributed by atoms with van der Waals surface area (Å²) in [7, 11) is 1.57. The van der Waals surface area contributed by atoms with Crippen LogP contribution < -0.4 is 10.1 Å². The summed E-state index contributed by atoms with van der Waals surface area (Å²) in [6, 6.07) is 10.5. The van der Waals surface area contributed by atoms with Gasteiger partial charge in [0.15, 0.2) is 5.76 Å². The van der Waals surface area contributed by atoms with Gasteiger partial charge in [-0.3, -0.25) is 4.79 Å². The molecule has 0 saturated heterocycles. The summed E-state index contributed by atoms with van der Waals surface area (Å²) in [6.07, 6.45) is 0. The fraction of sp³-hybridized carbons (Fsp3) is 0.267. The van der Waals surface area contributed by atoms with E-state index in [4.69, 9.17) is 25.5 Å². The Labute approximate surface area is 127 Å². The van der Waals surface area contributed by atoms with E-state index in [9.17, 15) is 4.79 Å². The van der Waals surface area contributed by atoms with Gasteiger partial charge in [0.25, 0.3) is 5.91 Å². The van der Waals surface area contributed by atoms with Gasteiger partial charge in [-0.05, 0) is 24.3 Å². The van der Waals surface area contributed by atoms with E-state index >= 15 is 0 Å². The quantitative estimate of drug-likeness (QED) is 0.799. The van der Waals surface area contributed by atoms with Crippen LogP contribution in [-0.2, 0) is 11.3 Å². The molecule has 2 rings (SSSR count). The zero-order chi connectivity index (χ0) is 15.1. The SMILES string of the molecule is COCCNC(=O)c1ccc(COc2ccccc2Cl)o1. The van der Waals surface area contributed by atoms with Crippen molar-refractivity contribution >= 4 is 17.5 Å². The van der Waals surface area contributed by atoms with Crippen LogP contribution >= 0.6 is 11.6 Å². The molecule has 0 bridgehead atoms. The van der Waals surface area contributed by atoms with Crippen molar-refractivity contribution in [2.75, 3.05) is 20.3 Å². The Morgan fingerprint density at radius 2 is 2.10 bits per heavy atom. The number of ether oxygens (including phenoxy) is 2. The Morgan fingerprint density at radius 3 is 2.86 bits per heavy atom. The lowest BCUT2D eigenvalue weighted by Gasteiger charge is -2.05. The minimum absolute atomic E-state index is 0.203. The third kappa shape index (κ3) is 4.51. The molecule has 0 fully saturated rings. The first kappa shape index (κ1) is 15.4. The van der Waals surface area contributed by atoms with Gasteiger partial charge in [-0.1, -0.05) is 23.7 Å². The molecular weight excluding hydrogens is 294 g/mol. The number of nitrogens with one attached hydrogen (secondary N) is 1. The summed E-state index contributed by atoms with van der Waals surface area (Å²) in [6.45, 7) is 1.09. The Kier molecular flexibility index (Phi) is 5.66. The lowest BCUT2D eigenvalue weighted by atomic mass is 10.3. The van der Waals surface area contributed by atoms with Gasteiger partial charge in [-0.25, -0.2) is 0 Å². The minimum Gasteiger partial charge on any atom is -0.484 e. The summed E-state index contributed by atoms with van der Waals surface area (Å²) < 4.78 is 15.8. The Balaban J connectivity index is 1.88. The Hall–Kier alpha value is -1.98. The standard InChI is InChI=1S/C15H16ClNO4/c1-19-9-8-17-15(18)14-7-6-11(21-14)10-20-13-5-3-2-4-12(13)16/h2-7H,8-10H2,1H3,(H,17,18). The first-order valence-electron chi connectivity index (χ1n) is 6.44. The molecule has 112 valence electrons. The Bertz CT molecular complexity index is 597. The van der Waals surface area contributed by atoms with Crippen molar-refractivity contribution < 1.29 is 18.7 Å². The van der Waals surface area contributed by atoms with Crippen LogP contribution in [0.1, 0.15) is 16.3 Å². The van der Waals surface area contributed by atoms with Crippen LogP contribution in [0, 0.1) is 0 Å². The first-order valence-corrected chi connectivity index (χ1v) is 6.81. The van der Waals surface area contributed by atoms with E-state index in [1.165, 1.54) is 0 Å². The number of carbonyl (C=O) groups excluding carboxylic acids is 1. The second kappa shape index (κ2) is 7.71. The molecule has 1 amide bonds. The second-order valence-electron chi connectivity index (χ2n) is 4.23. The maximum Gasteiger partial charge on any atom is 0.287 e. The van der Waals surface area contributed by atoms with Gasteiger partial charge in [0, 0.05) is 13.7 Å². The Morgan fingerprint density at radius 1 is 1.29 bits per heavy atom. The molecule has 0 radical (unpaired) electrons. The highest BCUT2D eigenvalue weighted by Crippen LogP contribution is 2.24. The predicted octanol–water partition coefficient (Wildman–Crippen LogP) is 2.89. The highest BCUT2D eigenvalue weighted by Gasteiger charge is 2.11. The fourth-order valence-corrected chi connectivity index (χ4v) is 1.83. The summed E-state index contributed by atoms with van der Waals surface area (Å²) in [4.78, 5) is 11.7. The number of benzene rings is 1. The molecule has 21 heavy (non-hydrogen) atoms. The smallest absolute Gasteiger partial charge is 0.287 e. The van der Waals surface area contributed by atoms with E-state index in [1.807, 2.05) is 12.1 Å². The normalized spacial score (nSPS) is 10.4. The maximum absolute atomic E-state index is 11.7. The average Bonchev–Trinajstić information content (AvgIpc) is 2.95. The first-order chi connectivity index (χ1) is 10.2. The van der Waals surface area contributed by atoms with Gasteiger partial charge >= 0.3 is 0 Å². The summed E-state index contributed by atoms with van der Waals surface area (Å²) in [5.74, 6) is 1.08. The maximum atomic E-state index is 11.7. The highest BCUT2D eigenvalue weighted by atomic mass is 35.5.